The van der Waals surface area contributed by atoms with Gasteiger partial charge in [0, 0.05) is 6.07 Å². The summed E-state index contributed by atoms with van der Waals surface area (Å²) in [6, 6.07) is 25.5. The molecule has 0 saturated carbocycles. The summed E-state index contributed by atoms with van der Waals surface area (Å²) in [6.45, 7) is 0. The Hall–Kier alpha value is -5.35. The van der Waals surface area contributed by atoms with Crippen molar-refractivity contribution in [2.45, 2.75) is 0 Å². The van der Waals surface area contributed by atoms with Crippen LogP contribution in [0.5, 0.6) is 23.0 Å². The molecule has 0 aliphatic rings. The van der Waals surface area contributed by atoms with Gasteiger partial charge >= 0.3 is 11.9 Å². The highest BCUT2D eigenvalue weighted by molar-refractivity contribution is 5.98. The predicted octanol–water partition coefficient (Wildman–Crippen LogP) is 5.71. The maximum atomic E-state index is 12.7. The van der Waals surface area contributed by atoms with Crippen LogP contribution in [-0.2, 0) is 0 Å². The van der Waals surface area contributed by atoms with Gasteiger partial charge in [0.1, 0.15) is 29.1 Å². The minimum atomic E-state index is -0.659. The van der Waals surface area contributed by atoms with Gasteiger partial charge < -0.3 is 19.7 Å². The molecular weight excluding hydrogens is 458 g/mol. The van der Waals surface area contributed by atoms with E-state index in [1.165, 1.54) is 30.3 Å². The number of nitrogens with zero attached hydrogens (tertiary/aromatic N) is 1. The third-order valence-corrected chi connectivity index (χ3v) is 5.60. The van der Waals surface area contributed by atoms with Crippen LogP contribution >= 0.6 is 0 Å². The molecule has 0 saturated heterocycles. The monoisotopic (exact) mass is 475 g/mol. The minimum Gasteiger partial charge on any atom is -0.508 e. The Morgan fingerprint density at radius 2 is 1.11 bits per heavy atom. The highest BCUT2D eigenvalue weighted by atomic mass is 16.5. The lowest BCUT2D eigenvalue weighted by Gasteiger charge is -2.10. The molecule has 0 spiro atoms. The van der Waals surface area contributed by atoms with Gasteiger partial charge in [-0.25, -0.2) is 9.59 Å². The summed E-state index contributed by atoms with van der Waals surface area (Å²) >= 11 is 0. The molecule has 0 aliphatic carbocycles. The third kappa shape index (κ3) is 4.52. The molecule has 0 atom stereocenters. The van der Waals surface area contributed by atoms with E-state index in [0.29, 0.717) is 5.56 Å². The second-order valence-electron chi connectivity index (χ2n) is 8.04. The van der Waals surface area contributed by atoms with E-state index in [1.54, 1.807) is 60.7 Å². The summed E-state index contributed by atoms with van der Waals surface area (Å²) in [7, 11) is 0. The second kappa shape index (κ2) is 9.12. The van der Waals surface area contributed by atoms with E-state index in [-0.39, 0.29) is 34.1 Å². The molecule has 5 aromatic carbocycles. The molecule has 174 valence electrons. The molecule has 0 bridgehead atoms. The van der Waals surface area contributed by atoms with Crippen LogP contribution in [0, 0.1) is 11.3 Å². The van der Waals surface area contributed by atoms with E-state index >= 15 is 0 Å². The molecule has 0 radical (unpaired) electrons. The van der Waals surface area contributed by atoms with Crippen LogP contribution in [0.15, 0.2) is 91.0 Å². The van der Waals surface area contributed by atoms with Crippen LogP contribution in [0.25, 0.3) is 21.5 Å². The first kappa shape index (κ1) is 22.4. The standard InChI is InChI=1S/C29H17NO6/c30-16-23-15-26(35-28(33)21-3-1-19-13-24(31)7-5-17(19)11-21)9-10-27(23)36-29(34)22-4-2-20-14-25(32)8-6-18(20)12-22/h1-15,31-32H. The van der Waals surface area contributed by atoms with Crippen molar-refractivity contribution in [1.29, 1.82) is 5.26 Å². The lowest BCUT2D eigenvalue weighted by atomic mass is 10.1. The van der Waals surface area contributed by atoms with Gasteiger partial charge in [-0.2, -0.15) is 5.26 Å². The fraction of sp³-hybridized carbons (Fsp3) is 0. The molecular formula is C29H17NO6. The SMILES string of the molecule is N#Cc1cc(OC(=O)c2ccc3cc(O)ccc3c2)ccc1OC(=O)c1ccc2cc(O)ccc2c1. The molecule has 0 amide bonds. The van der Waals surface area contributed by atoms with Gasteiger partial charge in [-0.15, -0.1) is 0 Å². The Morgan fingerprint density at radius 3 is 1.67 bits per heavy atom. The topological polar surface area (TPSA) is 117 Å². The first-order chi connectivity index (χ1) is 17.4. The fourth-order valence-electron chi connectivity index (χ4n) is 3.79. The molecule has 0 heterocycles. The largest absolute Gasteiger partial charge is 0.508 e. The number of carbonyl (C=O) groups is 2. The van der Waals surface area contributed by atoms with Crippen molar-refractivity contribution in [3.05, 3.63) is 108 Å². The molecule has 36 heavy (non-hydrogen) atoms. The number of esters is 2. The molecule has 0 aromatic heterocycles. The van der Waals surface area contributed by atoms with Crippen LogP contribution in [0.1, 0.15) is 26.3 Å². The summed E-state index contributed by atoms with van der Waals surface area (Å²) < 4.78 is 10.8. The van der Waals surface area contributed by atoms with Crippen LogP contribution in [-0.4, -0.2) is 22.2 Å². The van der Waals surface area contributed by atoms with E-state index in [1.807, 2.05) is 6.07 Å². The number of rotatable bonds is 4. The van der Waals surface area contributed by atoms with E-state index in [9.17, 15) is 25.1 Å². The smallest absolute Gasteiger partial charge is 0.343 e. The molecule has 2 N–H and O–H groups in total. The van der Waals surface area contributed by atoms with Gasteiger partial charge in [0.2, 0.25) is 0 Å². The Bertz CT molecular complexity index is 1720. The van der Waals surface area contributed by atoms with E-state index < -0.39 is 11.9 Å². The summed E-state index contributed by atoms with van der Waals surface area (Å²) in [5, 5.41) is 31.8. The van der Waals surface area contributed by atoms with Gasteiger partial charge in [0.15, 0.2) is 0 Å². The van der Waals surface area contributed by atoms with Gasteiger partial charge in [0.05, 0.1) is 16.7 Å². The van der Waals surface area contributed by atoms with Crippen molar-refractivity contribution in [3.8, 4) is 29.1 Å². The molecule has 5 rings (SSSR count). The second-order valence-corrected chi connectivity index (χ2v) is 8.04. The molecule has 5 aromatic rings. The highest BCUT2D eigenvalue weighted by Gasteiger charge is 2.16. The molecule has 7 nitrogen and oxygen atoms in total. The number of benzene rings is 5. The molecule has 0 fully saturated rings. The summed E-state index contributed by atoms with van der Waals surface area (Å²) in [4.78, 5) is 25.3. The number of phenols is 2. The number of aromatic hydroxyl groups is 2. The number of phenolic OH excluding ortho intramolecular Hbond substituents is 2. The lowest BCUT2D eigenvalue weighted by Crippen LogP contribution is -2.11. The van der Waals surface area contributed by atoms with Gasteiger partial charge in [0.25, 0.3) is 0 Å². The van der Waals surface area contributed by atoms with Crippen molar-refractivity contribution >= 4 is 33.5 Å². The van der Waals surface area contributed by atoms with Crippen molar-refractivity contribution in [2.75, 3.05) is 0 Å². The average Bonchev–Trinajstić information content (AvgIpc) is 2.88. The van der Waals surface area contributed by atoms with Crippen LogP contribution < -0.4 is 9.47 Å². The summed E-state index contributed by atoms with van der Waals surface area (Å²) in [6.07, 6.45) is 0. The zero-order valence-corrected chi connectivity index (χ0v) is 18.6. The number of hydrogen-bond acceptors (Lipinski definition) is 7. The van der Waals surface area contributed by atoms with Crippen molar-refractivity contribution in [3.63, 3.8) is 0 Å². The fourth-order valence-corrected chi connectivity index (χ4v) is 3.79. The Kier molecular flexibility index (Phi) is 5.69. The predicted molar refractivity (Wildman–Crippen MR) is 132 cm³/mol. The number of ether oxygens (including phenoxy) is 2. The average molecular weight is 475 g/mol. The number of nitriles is 1. The van der Waals surface area contributed by atoms with Crippen LogP contribution in [0.2, 0.25) is 0 Å². The molecule has 7 heteroatoms. The maximum Gasteiger partial charge on any atom is 0.343 e. The Labute approximate surface area is 205 Å². The van der Waals surface area contributed by atoms with Crippen LogP contribution in [0.3, 0.4) is 0 Å². The lowest BCUT2D eigenvalue weighted by molar-refractivity contribution is 0.0719. The molecule has 0 unspecified atom stereocenters. The zero-order chi connectivity index (χ0) is 25.2. The normalized spacial score (nSPS) is 10.6. The quantitative estimate of drug-likeness (QED) is 0.252. The van der Waals surface area contributed by atoms with E-state index in [0.717, 1.165) is 21.5 Å². The Morgan fingerprint density at radius 1 is 0.611 bits per heavy atom. The summed E-state index contributed by atoms with van der Waals surface area (Å²) in [5.74, 6) is -0.887. The third-order valence-electron chi connectivity index (χ3n) is 5.60. The maximum absolute atomic E-state index is 12.7. The minimum absolute atomic E-state index is 0.0216. The molecule has 0 aliphatic heterocycles. The zero-order valence-electron chi connectivity index (χ0n) is 18.6. The number of hydrogen-bond donors (Lipinski definition) is 2. The van der Waals surface area contributed by atoms with Crippen LogP contribution in [0.4, 0.5) is 0 Å². The number of fused-ring (bicyclic) bond motifs is 2. The van der Waals surface area contributed by atoms with Crippen molar-refractivity contribution in [2.24, 2.45) is 0 Å². The van der Waals surface area contributed by atoms with Crippen molar-refractivity contribution < 1.29 is 29.3 Å². The van der Waals surface area contributed by atoms with Gasteiger partial charge in [-0.05, 0) is 82.2 Å². The summed E-state index contributed by atoms with van der Waals surface area (Å²) in [5.41, 5.74) is 0.595. The number of carbonyl (C=O) groups excluding carboxylic acids is 2. The Balaban J connectivity index is 1.33. The first-order valence-corrected chi connectivity index (χ1v) is 10.8. The van der Waals surface area contributed by atoms with Gasteiger partial charge in [-0.1, -0.05) is 24.3 Å². The van der Waals surface area contributed by atoms with Gasteiger partial charge in [-0.3, -0.25) is 0 Å². The first-order valence-electron chi connectivity index (χ1n) is 10.8. The van der Waals surface area contributed by atoms with Crippen molar-refractivity contribution in [1.82, 2.24) is 0 Å². The van der Waals surface area contributed by atoms with E-state index in [2.05, 4.69) is 0 Å². The van der Waals surface area contributed by atoms with E-state index in [4.69, 9.17) is 9.47 Å². The highest BCUT2D eigenvalue weighted by Crippen LogP contribution is 2.27.